The first-order valence-electron chi connectivity index (χ1n) is 8.42. The number of hydrogen-bond donors (Lipinski definition) is 1. The van der Waals surface area contributed by atoms with Gasteiger partial charge in [-0.3, -0.25) is 19.8 Å². The Hall–Kier alpha value is -2.84. The molecule has 1 N–H and O–H groups in total. The molecule has 0 aromatic heterocycles. The molecule has 0 radical (unpaired) electrons. The van der Waals surface area contributed by atoms with Crippen molar-refractivity contribution in [3.05, 3.63) is 57.1 Å². The van der Waals surface area contributed by atoms with Crippen molar-refractivity contribution in [1.29, 1.82) is 0 Å². The zero-order valence-corrected chi connectivity index (χ0v) is 16.8. The first kappa shape index (κ1) is 21.5. The Kier molecular flexibility index (Phi) is 7.19. The van der Waals surface area contributed by atoms with Crippen LogP contribution in [0.4, 0.5) is 11.4 Å². The number of nitro groups is 1. The monoisotopic (exact) mass is 407 g/mol. The molecule has 0 aliphatic heterocycles. The molecule has 1 atom stereocenters. The van der Waals surface area contributed by atoms with E-state index in [0.29, 0.717) is 23.7 Å². The van der Waals surface area contributed by atoms with Gasteiger partial charge in [-0.05, 0) is 26.1 Å². The number of likely N-dealkylation sites (N-methyl/N-ethyl adjacent to an activating group) is 1. The highest BCUT2D eigenvalue weighted by Crippen LogP contribution is 2.28. The van der Waals surface area contributed by atoms with Crippen molar-refractivity contribution in [2.24, 2.45) is 0 Å². The topological polar surface area (TPSA) is 93.9 Å². The second-order valence-electron chi connectivity index (χ2n) is 6.18. The van der Waals surface area contributed by atoms with E-state index in [4.69, 9.17) is 21.1 Å². The van der Waals surface area contributed by atoms with Crippen LogP contribution in [0.15, 0.2) is 36.4 Å². The average Bonchev–Trinajstić information content (AvgIpc) is 2.68. The third kappa shape index (κ3) is 5.11. The van der Waals surface area contributed by atoms with Gasteiger partial charge in [-0.15, -0.1) is 0 Å². The van der Waals surface area contributed by atoms with Gasteiger partial charge in [0, 0.05) is 30.3 Å². The molecule has 2 aromatic carbocycles. The number of halogens is 1. The number of non-ortho nitro benzene ring substituents is 1. The number of nitrogens with one attached hydrogen (secondary N) is 1. The van der Waals surface area contributed by atoms with Gasteiger partial charge in [0.15, 0.2) is 0 Å². The SMILES string of the molecule is COc1ccc(CN(C)[C@@H](C)C(=O)Nc2ccc([N+](=O)[O-])cc2Cl)c(OC)c1. The van der Waals surface area contributed by atoms with Crippen molar-refractivity contribution in [1.82, 2.24) is 4.90 Å². The largest absolute Gasteiger partial charge is 0.497 e. The van der Waals surface area contributed by atoms with Crippen LogP contribution in [-0.2, 0) is 11.3 Å². The summed E-state index contributed by atoms with van der Waals surface area (Å²) in [5.41, 5.74) is 1.08. The molecule has 9 heteroatoms. The number of nitro benzene ring substituents is 1. The Balaban J connectivity index is 2.08. The quantitative estimate of drug-likeness (QED) is 0.529. The zero-order valence-electron chi connectivity index (χ0n) is 16.1. The summed E-state index contributed by atoms with van der Waals surface area (Å²) in [7, 11) is 4.96. The number of carbonyl (C=O) groups is 1. The Morgan fingerprint density at radius 1 is 1.25 bits per heavy atom. The Morgan fingerprint density at radius 2 is 1.96 bits per heavy atom. The van der Waals surface area contributed by atoms with Crippen molar-refractivity contribution in [3.8, 4) is 11.5 Å². The van der Waals surface area contributed by atoms with Crippen molar-refractivity contribution in [3.63, 3.8) is 0 Å². The number of carbonyl (C=O) groups excluding carboxylic acids is 1. The van der Waals surface area contributed by atoms with Crippen LogP contribution < -0.4 is 14.8 Å². The number of ether oxygens (including phenoxy) is 2. The van der Waals surface area contributed by atoms with Gasteiger partial charge in [-0.25, -0.2) is 0 Å². The minimum absolute atomic E-state index is 0.106. The van der Waals surface area contributed by atoms with Crippen LogP contribution >= 0.6 is 11.6 Å². The van der Waals surface area contributed by atoms with Crippen molar-refractivity contribution in [2.45, 2.75) is 19.5 Å². The van der Waals surface area contributed by atoms with Crippen LogP contribution in [0.2, 0.25) is 5.02 Å². The fourth-order valence-corrected chi connectivity index (χ4v) is 2.77. The Labute approximate surface area is 168 Å². The predicted molar refractivity (Wildman–Crippen MR) is 107 cm³/mol. The lowest BCUT2D eigenvalue weighted by atomic mass is 10.1. The summed E-state index contributed by atoms with van der Waals surface area (Å²) in [6, 6.07) is 8.91. The van der Waals surface area contributed by atoms with Crippen LogP contribution in [0.1, 0.15) is 12.5 Å². The number of methoxy groups -OCH3 is 2. The van der Waals surface area contributed by atoms with Crippen LogP contribution in [-0.4, -0.2) is 43.0 Å². The number of anilines is 1. The molecule has 1 amide bonds. The molecule has 2 rings (SSSR count). The molecule has 0 fully saturated rings. The van der Waals surface area contributed by atoms with E-state index >= 15 is 0 Å². The molecule has 0 saturated heterocycles. The summed E-state index contributed by atoms with van der Waals surface area (Å²) in [5.74, 6) is 1.06. The lowest BCUT2D eigenvalue weighted by Gasteiger charge is -2.25. The van der Waals surface area contributed by atoms with Crippen LogP contribution in [0.25, 0.3) is 0 Å². The van der Waals surface area contributed by atoms with Gasteiger partial charge < -0.3 is 14.8 Å². The molecular formula is C19H22ClN3O5. The number of nitrogens with zero attached hydrogens (tertiary/aromatic N) is 2. The fraction of sp³-hybridized carbons (Fsp3) is 0.316. The zero-order chi connectivity index (χ0) is 20.8. The van der Waals surface area contributed by atoms with Gasteiger partial charge in [0.05, 0.1) is 35.9 Å². The molecule has 0 spiro atoms. The minimum atomic E-state index is -0.546. The Bertz CT molecular complexity index is 875. The van der Waals surface area contributed by atoms with E-state index in [1.807, 2.05) is 24.1 Å². The average molecular weight is 408 g/mol. The van der Waals surface area contributed by atoms with E-state index in [-0.39, 0.29) is 16.6 Å². The second kappa shape index (κ2) is 9.38. The minimum Gasteiger partial charge on any atom is -0.497 e. The summed E-state index contributed by atoms with van der Waals surface area (Å²) in [5, 5.41) is 13.6. The molecule has 0 aliphatic carbocycles. The number of amides is 1. The lowest BCUT2D eigenvalue weighted by molar-refractivity contribution is -0.384. The highest BCUT2D eigenvalue weighted by molar-refractivity contribution is 6.34. The highest BCUT2D eigenvalue weighted by atomic mass is 35.5. The highest BCUT2D eigenvalue weighted by Gasteiger charge is 2.21. The van der Waals surface area contributed by atoms with E-state index in [1.165, 1.54) is 18.2 Å². The molecule has 0 aliphatic rings. The maximum absolute atomic E-state index is 12.6. The molecule has 0 heterocycles. The van der Waals surface area contributed by atoms with E-state index in [2.05, 4.69) is 5.32 Å². The summed E-state index contributed by atoms with van der Waals surface area (Å²) in [6.07, 6.45) is 0. The van der Waals surface area contributed by atoms with Crippen LogP contribution in [0.5, 0.6) is 11.5 Å². The summed E-state index contributed by atoms with van der Waals surface area (Å²) in [6.45, 7) is 2.22. The molecule has 0 unspecified atom stereocenters. The fourth-order valence-electron chi connectivity index (χ4n) is 2.54. The molecular weight excluding hydrogens is 386 g/mol. The van der Waals surface area contributed by atoms with E-state index in [0.717, 1.165) is 5.56 Å². The molecule has 2 aromatic rings. The van der Waals surface area contributed by atoms with Gasteiger partial charge in [0.1, 0.15) is 11.5 Å². The van der Waals surface area contributed by atoms with Gasteiger partial charge in [-0.1, -0.05) is 17.7 Å². The van der Waals surface area contributed by atoms with Gasteiger partial charge in [-0.2, -0.15) is 0 Å². The van der Waals surface area contributed by atoms with Crippen LogP contribution in [0, 0.1) is 10.1 Å². The standard InChI is InChI=1S/C19H22ClN3O5/c1-12(19(24)21-17-8-6-14(23(25)26)9-16(17)20)22(2)11-13-5-7-15(27-3)10-18(13)28-4/h5-10,12H,11H2,1-4H3,(H,21,24)/t12-/m0/s1. The van der Waals surface area contributed by atoms with Gasteiger partial charge in [0.25, 0.3) is 5.69 Å². The van der Waals surface area contributed by atoms with Crippen molar-refractivity contribution < 1.29 is 19.2 Å². The summed E-state index contributed by atoms with van der Waals surface area (Å²) in [4.78, 5) is 24.7. The normalized spacial score (nSPS) is 11.8. The van der Waals surface area contributed by atoms with Gasteiger partial charge in [0.2, 0.25) is 5.91 Å². The van der Waals surface area contributed by atoms with Crippen molar-refractivity contribution in [2.75, 3.05) is 26.6 Å². The van der Waals surface area contributed by atoms with Gasteiger partial charge >= 0.3 is 0 Å². The smallest absolute Gasteiger partial charge is 0.271 e. The third-order valence-corrected chi connectivity index (χ3v) is 4.69. The molecule has 0 saturated carbocycles. The predicted octanol–water partition coefficient (Wildman–Crippen LogP) is 3.72. The first-order chi connectivity index (χ1) is 13.3. The third-order valence-electron chi connectivity index (χ3n) is 4.38. The maximum atomic E-state index is 12.6. The first-order valence-corrected chi connectivity index (χ1v) is 8.80. The molecule has 150 valence electrons. The lowest BCUT2D eigenvalue weighted by Crippen LogP contribution is -2.39. The van der Waals surface area contributed by atoms with Crippen molar-refractivity contribution >= 4 is 28.9 Å². The molecule has 8 nitrogen and oxygen atoms in total. The van der Waals surface area contributed by atoms with E-state index in [9.17, 15) is 14.9 Å². The second-order valence-corrected chi connectivity index (χ2v) is 6.59. The number of benzene rings is 2. The van der Waals surface area contributed by atoms with E-state index < -0.39 is 11.0 Å². The summed E-state index contributed by atoms with van der Waals surface area (Å²) < 4.78 is 10.6. The maximum Gasteiger partial charge on any atom is 0.271 e. The summed E-state index contributed by atoms with van der Waals surface area (Å²) >= 11 is 6.04. The number of rotatable bonds is 8. The molecule has 28 heavy (non-hydrogen) atoms. The van der Waals surface area contributed by atoms with Crippen LogP contribution in [0.3, 0.4) is 0 Å². The number of hydrogen-bond acceptors (Lipinski definition) is 6. The Morgan fingerprint density at radius 3 is 2.54 bits per heavy atom. The molecule has 0 bridgehead atoms. The van der Waals surface area contributed by atoms with E-state index in [1.54, 1.807) is 27.2 Å².